The number of benzene rings is 1. The first kappa shape index (κ1) is 16.6. The minimum absolute atomic E-state index is 0.235. The molecule has 0 atom stereocenters. The Morgan fingerprint density at radius 2 is 2.22 bits per heavy atom. The molecule has 1 aromatic carbocycles. The Labute approximate surface area is 153 Å². The quantitative estimate of drug-likeness (QED) is 0.375. The maximum Gasteiger partial charge on any atom is 0.341 e. The highest BCUT2D eigenvalue weighted by Crippen LogP contribution is 2.40. The van der Waals surface area contributed by atoms with Gasteiger partial charge in [-0.3, -0.25) is 0 Å². The number of carbonyl (C=O) groups excluding carboxylic acids is 1. The molecule has 0 unspecified atom stereocenters. The van der Waals surface area contributed by atoms with Crippen molar-refractivity contribution in [1.82, 2.24) is 0 Å². The largest absolute Gasteiger partial charge is 0.462 e. The molecule has 23 heavy (non-hydrogen) atoms. The van der Waals surface area contributed by atoms with E-state index in [2.05, 4.69) is 33.6 Å². The van der Waals surface area contributed by atoms with Crippen LogP contribution in [0.3, 0.4) is 0 Å². The summed E-state index contributed by atoms with van der Waals surface area (Å²) in [5.41, 5.74) is 2.89. The highest BCUT2D eigenvalue weighted by Gasteiger charge is 2.25. The third-order valence-corrected chi connectivity index (χ3v) is 5.68. The summed E-state index contributed by atoms with van der Waals surface area (Å²) < 4.78 is 6.43. The fourth-order valence-corrected chi connectivity index (χ4v) is 4.56. The third-order valence-electron chi connectivity index (χ3n) is 3.81. The van der Waals surface area contributed by atoms with E-state index in [1.54, 1.807) is 11.3 Å². The van der Waals surface area contributed by atoms with Crippen LogP contribution in [0, 0.1) is 3.57 Å². The van der Waals surface area contributed by atoms with E-state index in [0.717, 1.165) is 35.4 Å². The third kappa shape index (κ3) is 3.83. The maximum atomic E-state index is 12.4. The highest BCUT2D eigenvalue weighted by atomic mass is 127. The molecule has 3 rings (SSSR count). The fourth-order valence-electron chi connectivity index (χ4n) is 2.78. The number of thiophene rings is 1. The summed E-state index contributed by atoms with van der Waals surface area (Å²) in [5, 5.41) is 0.786. The van der Waals surface area contributed by atoms with Crippen molar-refractivity contribution in [3.63, 3.8) is 0 Å². The van der Waals surface area contributed by atoms with Crippen LogP contribution >= 0.6 is 33.9 Å². The molecule has 0 saturated carbocycles. The monoisotopic (exact) mass is 439 g/mol. The molecule has 0 aliphatic heterocycles. The van der Waals surface area contributed by atoms with Gasteiger partial charge in [0.05, 0.1) is 12.2 Å². The van der Waals surface area contributed by atoms with Crippen molar-refractivity contribution in [3.05, 3.63) is 49.4 Å². The molecule has 1 aromatic heterocycles. The summed E-state index contributed by atoms with van der Waals surface area (Å²) in [6.07, 6.45) is 6.16. The molecular weight excluding hydrogens is 421 g/mol. The van der Waals surface area contributed by atoms with Gasteiger partial charge in [-0.25, -0.2) is 9.79 Å². The summed E-state index contributed by atoms with van der Waals surface area (Å²) in [5.74, 6) is -0.235. The Bertz CT molecular complexity index is 751. The van der Waals surface area contributed by atoms with Gasteiger partial charge in [-0.15, -0.1) is 11.3 Å². The van der Waals surface area contributed by atoms with Gasteiger partial charge in [0.25, 0.3) is 0 Å². The first-order valence-corrected chi connectivity index (χ1v) is 9.70. The second-order valence-electron chi connectivity index (χ2n) is 5.42. The van der Waals surface area contributed by atoms with E-state index in [4.69, 9.17) is 4.74 Å². The zero-order chi connectivity index (χ0) is 16.2. The van der Waals surface area contributed by atoms with Gasteiger partial charge in [0.2, 0.25) is 0 Å². The van der Waals surface area contributed by atoms with E-state index in [-0.39, 0.29) is 5.97 Å². The number of hydrogen-bond acceptors (Lipinski definition) is 4. The van der Waals surface area contributed by atoms with Gasteiger partial charge in [-0.1, -0.05) is 12.1 Å². The summed E-state index contributed by atoms with van der Waals surface area (Å²) in [6, 6.07) is 8.14. The Morgan fingerprint density at radius 3 is 3.00 bits per heavy atom. The second kappa shape index (κ2) is 7.57. The molecule has 5 heteroatoms. The van der Waals surface area contributed by atoms with Crippen LogP contribution in [0.15, 0.2) is 29.3 Å². The molecule has 1 aliphatic rings. The number of halogens is 1. The van der Waals surface area contributed by atoms with E-state index in [1.807, 2.05) is 31.3 Å². The molecule has 0 fully saturated rings. The minimum Gasteiger partial charge on any atom is -0.462 e. The van der Waals surface area contributed by atoms with Gasteiger partial charge >= 0.3 is 5.97 Å². The maximum absolute atomic E-state index is 12.4. The molecule has 120 valence electrons. The number of nitrogens with zero attached hydrogens (tertiary/aromatic N) is 1. The van der Waals surface area contributed by atoms with Gasteiger partial charge in [0, 0.05) is 14.7 Å². The van der Waals surface area contributed by atoms with Gasteiger partial charge in [0.15, 0.2) is 0 Å². The fraction of sp³-hybridized carbons (Fsp3) is 0.333. The molecule has 0 bridgehead atoms. The summed E-state index contributed by atoms with van der Waals surface area (Å²) in [4.78, 5) is 18.3. The van der Waals surface area contributed by atoms with Crippen LogP contribution in [0.2, 0.25) is 0 Å². The van der Waals surface area contributed by atoms with Crippen molar-refractivity contribution in [2.75, 3.05) is 6.61 Å². The first-order chi connectivity index (χ1) is 11.2. The molecule has 2 aromatic rings. The molecule has 0 amide bonds. The van der Waals surface area contributed by atoms with Gasteiger partial charge in [0.1, 0.15) is 5.00 Å². The Morgan fingerprint density at radius 1 is 1.39 bits per heavy atom. The number of esters is 1. The zero-order valence-corrected chi connectivity index (χ0v) is 15.9. The SMILES string of the molecule is CCOC(=O)c1c(N=Cc2cccc(I)c2)sc2c1CCCC2. The molecule has 0 radical (unpaired) electrons. The Balaban J connectivity index is 1.97. The lowest BCUT2D eigenvalue weighted by Gasteiger charge is -2.11. The van der Waals surface area contributed by atoms with Crippen LogP contribution in [0.5, 0.6) is 0 Å². The van der Waals surface area contributed by atoms with Crippen LogP contribution in [0.1, 0.15) is 46.1 Å². The first-order valence-electron chi connectivity index (χ1n) is 7.80. The van der Waals surface area contributed by atoms with Gasteiger partial charge < -0.3 is 4.74 Å². The van der Waals surface area contributed by atoms with Crippen molar-refractivity contribution in [2.45, 2.75) is 32.6 Å². The normalized spacial score (nSPS) is 14.0. The molecule has 0 spiro atoms. The van der Waals surface area contributed by atoms with Gasteiger partial charge in [-0.05, 0) is 78.5 Å². The van der Waals surface area contributed by atoms with E-state index >= 15 is 0 Å². The predicted molar refractivity (Wildman–Crippen MR) is 103 cm³/mol. The van der Waals surface area contributed by atoms with Crippen molar-refractivity contribution >= 4 is 51.1 Å². The number of carbonyl (C=O) groups is 1. The second-order valence-corrected chi connectivity index (χ2v) is 7.75. The smallest absolute Gasteiger partial charge is 0.341 e. The van der Waals surface area contributed by atoms with E-state index < -0.39 is 0 Å². The number of aliphatic imine (C=N–C) groups is 1. The number of ether oxygens (including phenoxy) is 1. The van der Waals surface area contributed by atoms with Crippen LogP contribution in [-0.2, 0) is 17.6 Å². The highest BCUT2D eigenvalue weighted by molar-refractivity contribution is 14.1. The molecule has 0 saturated heterocycles. The predicted octanol–water partition coefficient (Wildman–Crippen LogP) is 5.16. The summed E-state index contributed by atoms with van der Waals surface area (Å²) in [7, 11) is 0. The Kier molecular flexibility index (Phi) is 5.48. The van der Waals surface area contributed by atoms with Crippen LogP contribution in [0.25, 0.3) is 0 Å². The van der Waals surface area contributed by atoms with Crippen LogP contribution in [0.4, 0.5) is 5.00 Å². The minimum atomic E-state index is -0.235. The number of fused-ring (bicyclic) bond motifs is 1. The topological polar surface area (TPSA) is 38.7 Å². The molecule has 1 heterocycles. The molecule has 0 N–H and O–H groups in total. The van der Waals surface area contributed by atoms with Gasteiger partial charge in [-0.2, -0.15) is 0 Å². The summed E-state index contributed by atoms with van der Waals surface area (Å²) in [6.45, 7) is 2.23. The summed E-state index contributed by atoms with van der Waals surface area (Å²) >= 11 is 3.92. The van der Waals surface area contributed by atoms with Crippen molar-refractivity contribution in [3.8, 4) is 0 Å². The van der Waals surface area contributed by atoms with Crippen molar-refractivity contribution < 1.29 is 9.53 Å². The molecule has 1 aliphatic carbocycles. The zero-order valence-electron chi connectivity index (χ0n) is 13.0. The Hall–Kier alpha value is -1.21. The number of hydrogen-bond donors (Lipinski definition) is 0. The van der Waals surface area contributed by atoms with E-state index in [9.17, 15) is 4.79 Å². The van der Waals surface area contributed by atoms with Crippen molar-refractivity contribution in [2.24, 2.45) is 4.99 Å². The lowest BCUT2D eigenvalue weighted by Crippen LogP contribution is -2.09. The average molecular weight is 439 g/mol. The number of rotatable bonds is 4. The van der Waals surface area contributed by atoms with E-state index in [0.29, 0.717) is 12.2 Å². The van der Waals surface area contributed by atoms with Crippen molar-refractivity contribution in [1.29, 1.82) is 0 Å². The lowest BCUT2D eigenvalue weighted by molar-refractivity contribution is 0.0526. The molecular formula is C18H18INO2S. The standard InChI is InChI=1S/C18H18INO2S/c1-2-22-18(21)16-14-8-3-4-9-15(14)23-17(16)20-11-12-6-5-7-13(19)10-12/h5-7,10-11H,2-4,8-9H2,1H3. The average Bonchev–Trinajstić information content (AvgIpc) is 2.91. The van der Waals surface area contributed by atoms with E-state index in [1.165, 1.54) is 14.9 Å². The number of aryl methyl sites for hydroxylation is 1. The van der Waals surface area contributed by atoms with Crippen LogP contribution in [-0.4, -0.2) is 18.8 Å². The molecule has 3 nitrogen and oxygen atoms in total. The van der Waals surface area contributed by atoms with Crippen LogP contribution < -0.4 is 0 Å². The lowest BCUT2D eigenvalue weighted by atomic mass is 9.95.